The molecule has 0 N–H and O–H groups in total. The molecule has 0 heterocycles. The van der Waals surface area contributed by atoms with Gasteiger partial charge in [0.25, 0.3) is 0 Å². The average molecular weight is 232 g/mol. The molecule has 1 aromatic carbocycles. The van der Waals surface area contributed by atoms with E-state index in [1.54, 1.807) is 25.1 Å². The summed E-state index contributed by atoms with van der Waals surface area (Å²) in [6, 6.07) is 6.73. The fourth-order valence-corrected chi connectivity index (χ4v) is 1.31. The number of benzene rings is 1. The van der Waals surface area contributed by atoms with Crippen LogP contribution < -0.4 is 4.74 Å². The monoisotopic (exact) mass is 232 g/mol. The van der Waals surface area contributed by atoms with Gasteiger partial charge in [0.05, 0.1) is 17.3 Å². The summed E-state index contributed by atoms with van der Waals surface area (Å²) in [5.41, 5.74) is 1.54. The van der Waals surface area contributed by atoms with Crippen molar-refractivity contribution in [3.63, 3.8) is 0 Å². The zero-order chi connectivity index (χ0) is 12.8. The summed E-state index contributed by atoms with van der Waals surface area (Å²) in [7, 11) is 1.42. The van der Waals surface area contributed by atoms with Crippen LogP contribution in [0.1, 0.15) is 25.0 Å². The van der Waals surface area contributed by atoms with Crippen LogP contribution >= 0.6 is 0 Å². The SMILES string of the molecule is CO/N=C(/C)c1cc(C#N)ccc1OC(C)=O. The summed E-state index contributed by atoms with van der Waals surface area (Å²) in [5.74, 6) is -0.0732. The second kappa shape index (κ2) is 5.66. The Hall–Kier alpha value is -2.35. The molecule has 0 bridgehead atoms. The molecule has 0 spiro atoms. The Morgan fingerprint density at radius 3 is 2.65 bits per heavy atom. The lowest BCUT2D eigenvalue weighted by molar-refractivity contribution is -0.131. The van der Waals surface area contributed by atoms with Crippen LogP contribution in [0.15, 0.2) is 23.4 Å². The van der Waals surface area contributed by atoms with Crippen LogP contribution in [-0.2, 0) is 9.63 Å². The molecule has 0 aliphatic heterocycles. The number of hydrogen-bond donors (Lipinski definition) is 0. The van der Waals surface area contributed by atoms with Gasteiger partial charge in [-0.05, 0) is 25.1 Å². The third-order valence-corrected chi connectivity index (χ3v) is 1.98. The van der Waals surface area contributed by atoms with Crippen molar-refractivity contribution < 1.29 is 14.4 Å². The molecule has 17 heavy (non-hydrogen) atoms. The first kappa shape index (κ1) is 12.7. The van der Waals surface area contributed by atoms with E-state index in [4.69, 9.17) is 10.00 Å². The Balaban J connectivity index is 3.26. The highest BCUT2D eigenvalue weighted by Gasteiger charge is 2.10. The number of nitriles is 1. The van der Waals surface area contributed by atoms with Gasteiger partial charge in [-0.15, -0.1) is 0 Å². The third kappa shape index (κ3) is 3.31. The first-order valence-corrected chi connectivity index (χ1v) is 4.89. The van der Waals surface area contributed by atoms with Gasteiger partial charge in [0.1, 0.15) is 12.9 Å². The van der Waals surface area contributed by atoms with Crippen molar-refractivity contribution >= 4 is 11.7 Å². The van der Waals surface area contributed by atoms with Crippen LogP contribution in [-0.4, -0.2) is 18.8 Å². The van der Waals surface area contributed by atoms with E-state index in [0.29, 0.717) is 22.6 Å². The van der Waals surface area contributed by atoms with E-state index in [-0.39, 0.29) is 0 Å². The first-order chi connectivity index (χ1) is 8.08. The van der Waals surface area contributed by atoms with E-state index in [1.165, 1.54) is 14.0 Å². The molecular weight excluding hydrogens is 220 g/mol. The highest BCUT2D eigenvalue weighted by Crippen LogP contribution is 2.21. The standard InChI is InChI=1S/C12H12N2O3/c1-8(14-16-3)11-6-10(7-13)4-5-12(11)17-9(2)15/h4-6H,1-3H3/b14-8-. The van der Waals surface area contributed by atoms with Crippen molar-refractivity contribution in [2.24, 2.45) is 5.16 Å². The number of hydrogen-bond acceptors (Lipinski definition) is 5. The Labute approximate surface area is 99.3 Å². The molecule has 0 atom stereocenters. The highest BCUT2D eigenvalue weighted by atomic mass is 16.6. The second-order valence-corrected chi connectivity index (χ2v) is 3.28. The largest absolute Gasteiger partial charge is 0.426 e. The zero-order valence-corrected chi connectivity index (χ0v) is 9.85. The van der Waals surface area contributed by atoms with E-state index >= 15 is 0 Å². The van der Waals surface area contributed by atoms with Crippen LogP contribution in [0.4, 0.5) is 0 Å². The van der Waals surface area contributed by atoms with Gasteiger partial charge in [-0.25, -0.2) is 0 Å². The summed E-state index contributed by atoms with van der Waals surface area (Å²) < 4.78 is 5.03. The van der Waals surface area contributed by atoms with Crippen LogP contribution in [0.2, 0.25) is 0 Å². The maximum absolute atomic E-state index is 10.9. The molecule has 0 aromatic heterocycles. The molecule has 0 saturated carbocycles. The van der Waals surface area contributed by atoms with Gasteiger partial charge in [0.15, 0.2) is 0 Å². The lowest BCUT2D eigenvalue weighted by atomic mass is 10.1. The Kier molecular flexibility index (Phi) is 4.23. The van der Waals surface area contributed by atoms with Gasteiger partial charge in [0.2, 0.25) is 0 Å². The predicted molar refractivity (Wildman–Crippen MR) is 61.7 cm³/mol. The molecule has 88 valence electrons. The van der Waals surface area contributed by atoms with Crippen molar-refractivity contribution in [3.8, 4) is 11.8 Å². The molecule has 0 amide bonds. The van der Waals surface area contributed by atoms with Gasteiger partial charge in [-0.1, -0.05) is 5.16 Å². The lowest BCUT2D eigenvalue weighted by Crippen LogP contribution is -2.07. The molecule has 5 heteroatoms. The minimum absolute atomic E-state index is 0.356. The van der Waals surface area contributed by atoms with E-state index in [9.17, 15) is 4.79 Å². The summed E-state index contributed by atoms with van der Waals surface area (Å²) in [6.45, 7) is 3.01. The Bertz CT molecular complexity index is 501. The summed E-state index contributed by atoms with van der Waals surface area (Å²) in [6.07, 6.45) is 0. The van der Waals surface area contributed by atoms with E-state index in [2.05, 4.69) is 9.99 Å². The van der Waals surface area contributed by atoms with Crippen molar-refractivity contribution in [3.05, 3.63) is 29.3 Å². The molecule has 5 nitrogen and oxygen atoms in total. The number of esters is 1. The van der Waals surface area contributed by atoms with E-state index in [1.807, 2.05) is 6.07 Å². The maximum atomic E-state index is 10.9. The topological polar surface area (TPSA) is 71.7 Å². The van der Waals surface area contributed by atoms with Crippen LogP contribution in [0.25, 0.3) is 0 Å². The Morgan fingerprint density at radius 2 is 2.12 bits per heavy atom. The third-order valence-electron chi connectivity index (χ3n) is 1.98. The van der Waals surface area contributed by atoms with Crippen molar-refractivity contribution in [2.45, 2.75) is 13.8 Å². The van der Waals surface area contributed by atoms with E-state index < -0.39 is 5.97 Å². The molecule has 1 rings (SSSR count). The van der Waals surface area contributed by atoms with Crippen LogP contribution in [0.3, 0.4) is 0 Å². The van der Waals surface area contributed by atoms with Gasteiger partial charge in [-0.2, -0.15) is 5.26 Å². The number of carbonyl (C=O) groups is 1. The normalized spacial score (nSPS) is 10.6. The van der Waals surface area contributed by atoms with Gasteiger partial charge in [-0.3, -0.25) is 4.79 Å². The maximum Gasteiger partial charge on any atom is 0.308 e. The smallest absolute Gasteiger partial charge is 0.308 e. The number of nitrogens with zero attached hydrogens (tertiary/aromatic N) is 2. The first-order valence-electron chi connectivity index (χ1n) is 4.89. The summed E-state index contributed by atoms with van der Waals surface area (Å²) in [5, 5.41) is 12.6. The molecule has 0 saturated heterocycles. The number of carbonyl (C=O) groups excluding carboxylic acids is 1. The molecule has 0 unspecified atom stereocenters. The quantitative estimate of drug-likeness (QED) is 0.345. The highest BCUT2D eigenvalue weighted by molar-refractivity contribution is 6.01. The fraction of sp³-hybridized carbons (Fsp3) is 0.250. The second-order valence-electron chi connectivity index (χ2n) is 3.28. The number of ether oxygens (including phenoxy) is 1. The molecule has 1 aromatic rings. The summed E-state index contributed by atoms with van der Waals surface area (Å²) >= 11 is 0. The zero-order valence-electron chi connectivity index (χ0n) is 9.85. The van der Waals surface area contributed by atoms with Crippen molar-refractivity contribution in [1.82, 2.24) is 0 Å². The van der Waals surface area contributed by atoms with Crippen molar-refractivity contribution in [1.29, 1.82) is 5.26 Å². The molecule has 0 aliphatic carbocycles. The Morgan fingerprint density at radius 1 is 1.41 bits per heavy atom. The van der Waals surface area contributed by atoms with Gasteiger partial charge >= 0.3 is 5.97 Å². The minimum Gasteiger partial charge on any atom is -0.426 e. The minimum atomic E-state index is -0.429. The summed E-state index contributed by atoms with van der Waals surface area (Å²) in [4.78, 5) is 15.6. The molecule has 0 aliphatic rings. The average Bonchev–Trinajstić information content (AvgIpc) is 2.29. The fourth-order valence-electron chi connectivity index (χ4n) is 1.31. The molecule has 0 radical (unpaired) electrons. The molecular formula is C12H12N2O3. The number of rotatable bonds is 3. The number of oxime groups is 1. The molecule has 0 fully saturated rings. The van der Waals surface area contributed by atoms with Gasteiger partial charge < -0.3 is 9.57 Å². The lowest BCUT2D eigenvalue weighted by Gasteiger charge is -2.08. The van der Waals surface area contributed by atoms with Crippen molar-refractivity contribution in [2.75, 3.05) is 7.11 Å². The van der Waals surface area contributed by atoms with Crippen LogP contribution in [0.5, 0.6) is 5.75 Å². The van der Waals surface area contributed by atoms with E-state index in [0.717, 1.165) is 0 Å². The van der Waals surface area contributed by atoms with Crippen LogP contribution in [0, 0.1) is 11.3 Å². The van der Waals surface area contributed by atoms with Gasteiger partial charge in [0, 0.05) is 12.5 Å². The predicted octanol–water partition coefficient (Wildman–Crippen LogP) is 1.85.